The molecule has 1 rings (SSSR count). The van der Waals surface area contributed by atoms with Crippen molar-refractivity contribution in [2.45, 2.75) is 19.6 Å². The molecule has 2 nitrogen and oxygen atoms in total. The summed E-state index contributed by atoms with van der Waals surface area (Å²) in [5, 5.41) is 0. The standard InChI is InChI=1S/C6H6O.C3H9OSi.5FH.Zn/c7-6-4-2-1-3-5-6;1-5(2,3)4;;;;;;/h1-5,7H;1-3H3;5*1H;/q;-1;;;;;;+7/p-6. The van der Waals surface area contributed by atoms with Crippen LogP contribution in [0, 0.1) is 0 Å². The molecule has 0 saturated heterocycles. The van der Waals surface area contributed by atoms with E-state index >= 15 is 0 Å². The van der Waals surface area contributed by atoms with Gasteiger partial charge in [0, 0.05) is 0 Å². The Morgan fingerprint density at radius 2 is 1.33 bits per heavy atom. The summed E-state index contributed by atoms with van der Waals surface area (Å²) in [5.74, 6) is -0.975. The Labute approximate surface area is 102 Å². The number of hydrogen-bond acceptors (Lipinski definition) is 2. The van der Waals surface area contributed by atoms with E-state index in [1.165, 1.54) is 18.2 Å². The van der Waals surface area contributed by atoms with Gasteiger partial charge in [-0.2, -0.15) is 0 Å². The molecule has 0 N–H and O–H groups in total. The SMILES string of the molecule is C[Si](C)(C)[O][Zn]([F])([F])([F])([F])([F])[O]c1ccccc1. The quantitative estimate of drug-likeness (QED) is 0.570. The van der Waals surface area contributed by atoms with Crippen molar-refractivity contribution in [3.8, 4) is 5.75 Å². The molecule has 0 aliphatic rings. The fourth-order valence-electron chi connectivity index (χ4n) is 1.92. The third-order valence-corrected chi connectivity index (χ3v) is 15.3. The second kappa shape index (κ2) is 2.96. The van der Waals surface area contributed by atoms with Crippen molar-refractivity contribution >= 4 is 8.32 Å². The van der Waals surface area contributed by atoms with Crippen LogP contribution >= 0.6 is 0 Å². The monoisotopic (exact) mass is 341 g/mol. The zero-order valence-corrected chi connectivity index (χ0v) is 14.3. The molecular weight excluding hydrogens is 329 g/mol. The first-order valence-corrected chi connectivity index (χ1v) is 17.2. The van der Waals surface area contributed by atoms with Crippen molar-refractivity contribution in [2.75, 3.05) is 0 Å². The maximum atomic E-state index is 13.5. The number of hydrogen-bond donors (Lipinski definition) is 0. The predicted octanol–water partition coefficient (Wildman–Crippen LogP) is 4.93. The maximum absolute atomic E-state index is 13.5. The number of halogens is 5. The summed E-state index contributed by atoms with van der Waals surface area (Å²) in [6.45, 7) is 3.06. The summed E-state index contributed by atoms with van der Waals surface area (Å²) < 4.78 is 73.9. The summed E-state index contributed by atoms with van der Waals surface area (Å²) in [6, 6.07) is 5.33. The summed E-state index contributed by atoms with van der Waals surface area (Å²) in [5.41, 5.74) is 0. The van der Waals surface area contributed by atoms with Crippen LogP contribution in [0.5, 0.6) is 5.75 Å². The van der Waals surface area contributed by atoms with Crippen LogP contribution in [0.4, 0.5) is 16.6 Å². The van der Waals surface area contributed by atoms with E-state index in [4.69, 9.17) is 0 Å². The van der Waals surface area contributed by atoms with E-state index in [1.807, 2.05) is 0 Å². The first kappa shape index (κ1) is 15.5. The molecule has 0 spiro atoms. The summed E-state index contributed by atoms with van der Waals surface area (Å²) in [6.07, 6.45) is 0. The van der Waals surface area contributed by atoms with Gasteiger partial charge in [0.2, 0.25) is 0 Å². The van der Waals surface area contributed by atoms with Crippen LogP contribution < -0.4 is 3.56 Å². The molecule has 0 amide bonds. The van der Waals surface area contributed by atoms with Gasteiger partial charge in [-0.3, -0.25) is 0 Å². The molecule has 0 atom stereocenters. The third-order valence-electron chi connectivity index (χ3n) is 2.01. The Morgan fingerprint density at radius 1 is 0.889 bits per heavy atom. The molecule has 18 heavy (non-hydrogen) atoms. The van der Waals surface area contributed by atoms with Crippen molar-refractivity contribution in [1.82, 2.24) is 0 Å². The van der Waals surface area contributed by atoms with Crippen molar-refractivity contribution in [3.05, 3.63) is 30.3 Å². The van der Waals surface area contributed by atoms with E-state index in [1.54, 1.807) is 0 Å². The van der Waals surface area contributed by atoms with E-state index < -0.39 is 28.5 Å². The minimum absolute atomic E-state index is 0.805. The molecule has 1 aromatic rings. The van der Waals surface area contributed by atoms with E-state index in [-0.39, 0.29) is 0 Å². The van der Waals surface area contributed by atoms with Gasteiger partial charge in [-0.05, 0) is 0 Å². The van der Waals surface area contributed by atoms with Crippen molar-refractivity contribution < 1.29 is 37.9 Å². The predicted molar refractivity (Wildman–Crippen MR) is 57.0 cm³/mol. The first-order chi connectivity index (χ1) is 7.50. The molecule has 9 heteroatoms. The second-order valence-corrected chi connectivity index (χ2v) is 22.2. The fraction of sp³-hybridized carbons (Fsp3) is 0.333. The van der Waals surface area contributed by atoms with Gasteiger partial charge in [0.05, 0.1) is 0 Å². The Morgan fingerprint density at radius 3 is 1.72 bits per heavy atom. The third kappa shape index (κ3) is 5.41. The number of rotatable bonds is 4. The molecule has 0 aliphatic carbocycles. The van der Waals surface area contributed by atoms with Crippen molar-refractivity contribution in [2.24, 2.45) is 0 Å². The Kier molecular flexibility index (Phi) is 2.56. The number of para-hydroxylation sites is 1. The van der Waals surface area contributed by atoms with Crippen molar-refractivity contribution in [1.29, 1.82) is 0 Å². The van der Waals surface area contributed by atoms with E-state index in [9.17, 15) is 16.6 Å². The zero-order chi connectivity index (χ0) is 14.4. The molecule has 0 unspecified atom stereocenters. The Balaban J connectivity index is 3.28. The normalized spacial score (nSPS) is 19.2. The van der Waals surface area contributed by atoms with Gasteiger partial charge in [0.1, 0.15) is 0 Å². The topological polar surface area (TPSA) is 18.5 Å². The van der Waals surface area contributed by atoms with Gasteiger partial charge in [0.15, 0.2) is 0 Å². The summed E-state index contributed by atoms with van der Waals surface area (Å²) >= 11 is -12.1. The second-order valence-electron chi connectivity index (χ2n) is 5.93. The average Bonchev–Trinajstić information content (AvgIpc) is 1.95. The fourth-order valence-corrected chi connectivity index (χ4v) is 18.9. The van der Waals surface area contributed by atoms with Gasteiger partial charge in [0.25, 0.3) is 0 Å². The molecule has 0 aliphatic heterocycles. The van der Waals surface area contributed by atoms with Gasteiger partial charge in [-0.1, -0.05) is 0 Å². The molecule has 0 aromatic heterocycles. The Hall–Kier alpha value is -0.530. The van der Waals surface area contributed by atoms with Gasteiger partial charge >= 0.3 is 102 Å². The minimum atomic E-state index is -12.1. The van der Waals surface area contributed by atoms with Crippen LogP contribution in [0.2, 0.25) is 19.6 Å². The zero-order valence-electron chi connectivity index (χ0n) is 10.3. The first-order valence-electron chi connectivity index (χ1n) is 5.73. The molecule has 0 bridgehead atoms. The van der Waals surface area contributed by atoms with Gasteiger partial charge < -0.3 is 0 Å². The van der Waals surface area contributed by atoms with Gasteiger partial charge in [-0.25, -0.2) is 0 Å². The van der Waals surface area contributed by atoms with E-state index in [2.05, 4.69) is 6.82 Å². The van der Waals surface area contributed by atoms with Gasteiger partial charge in [-0.15, -0.1) is 0 Å². The molecule has 0 fully saturated rings. The van der Waals surface area contributed by atoms with Crippen molar-refractivity contribution in [3.63, 3.8) is 0 Å². The van der Waals surface area contributed by atoms with Crippen LogP contribution in [0.3, 0.4) is 0 Å². The number of benzene rings is 1. The molecule has 103 valence electrons. The molecular formula is C9H14F5O2SiZn. The molecule has 0 saturated carbocycles. The van der Waals surface area contributed by atoms with Crippen LogP contribution in [0.15, 0.2) is 30.3 Å². The summed E-state index contributed by atoms with van der Waals surface area (Å²) in [7, 11) is -3.58. The molecule has 0 heterocycles. The summed E-state index contributed by atoms with van der Waals surface area (Å²) in [4.78, 5) is 0. The van der Waals surface area contributed by atoms with E-state index in [0.717, 1.165) is 31.8 Å². The van der Waals surface area contributed by atoms with Crippen LogP contribution in [0.25, 0.3) is 0 Å². The van der Waals surface area contributed by atoms with E-state index in [0.29, 0.717) is 0 Å². The molecule has 1 aromatic carbocycles. The molecule has 0 radical (unpaired) electrons. The van der Waals surface area contributed by atoms with Crippen LogP contribution in [-0.2, 0) is 17.7 Å². The van der Waals surface area contributed by atoms with Crippen LogP contribution in [-0.4, -0.2) is 8.32 Å². The van der Waals surface area contributed by atoms with Crippen LogP contribution in [0.1, 0.15) is 0 Å². The Bertz CT molecular complexity index is 471. The average molecular weight is 343 g/mol.